The number of hydrogen-bond acceptors (Lipinski definition) is 4. The molecule has 2 amide bonds. The average Bonchev–Trinajstić information content (AvgIpc) is 3.42. The SMILES string of the molecule is O=C(CCC(=O)N1CCN(C(=O)c2cccs2)CC1)c1ccc2c(c1)CCC2. The van der Waals surface area contributed by atoms with Crippen LogP contribution in [0.4, 0.5) is 0 Å². The lowest BCUT2D eigenvalue weighted by Crippen LogP contribution is -2.50. The fourth-order valence-electron chi connectivity index (χ4n) is 3.98. The van der Waals surface area contributed by atoms with Crippen LogP contribution in [0.25, 0.3) is 0 Å². The molecule has 1 aromatic heterocycles. The molecule has 28 heavy (non-hydrogen) atoms. The van der Waals surface area contributed by atoms with E-state index in [0.717, 1.165) is 29.7 Å². The van der Waals surface area contributed by atoms with Crippen LogP contribution in [0.1, 0.15) is 50.4 Å². The molecule has 0 atom stereocenters. The van der Waals surface area contributed by atoms with Gasteiger partial charge in [-0.1, -0.05) is 18.2 Å². The summed E-state index contributed by atoms with van der Waals surface area (Å²) in [4.78, 5) is 41.7. The Morgan fingerprint density at radius 1 is 0.893 bits per heavy atom. The Morgan fingerprint density at radius 3 is 2.39 bits per heavy atom. The van der Waals surface area contributed by atoms with E-state index in [-0.39, 0.29) is 30.4 Å². The van der Waals surface area contributed by atoms with Crippen LogP contribution >= 0.6 is 11.3 Å². The van der Waals surface area contributed by atoms with Gasteiger partial charge in [-0.2, -0.15) is 0 Å². The molecule has 1 aromatic carbocycles. The summed E-state index contributed by atoms with van der Waals surface area (Å²) < 4.78 is 0. The summed E-state index contributed by atoms with van der Waals surface area (Å²) in [6.07, 6.45) is 3.78. The van der Waals surface area contributed by atoms with Crippen LogP contribution in [0.3, 0.4) is 0 Å². The highest BCUT2D eigenvalue weighted by molar-refractivity contribution is 7.12. The number of piperazine rings is 1. The average molecular weight is 397 g/mol. The molecular weight excluding hydrogens is 372 g/mol. The topological polar surface area (TPSA) is 57.7 Å². The van der Waals surface area contributed by atoms with Gasteiger partial charge in [-0.25, -0.2) is 0 Å². The Balaban J connectivity index is 1.25. The van der Waals surface area contributed by atoms with Crippen LogP contribution in [0.15, 0.2) is 35.7 Å². The normalized spacial score (nSPS) is 16.1. The smallest absolute Gasteiger partial charge is 0.264 e. The van der Waals surface area contributed by atoms with E-state index in [1.165, 1.54) is 22.5 Å². The highest BCUT2D eigenvalue weighted by Crippen LogP contribution is 2.23. The standard InChI is InChI=1S/C22H24N2O3S/c25-19(18-7-6-16-3-1-4-17(16)15-18)8-9-21(26)23-10-12-24(13-11-23)22(27)20-5-2-14-28-20/h2,5-7,14-15H,1,3-4,8-13H2. The van der Waals surface area contributed by atoms with Crippen molar-refractivity contribution >= 4 is 28.9 Å². The van der Waals surface area contributed by atoms with Crippen LogP contribution in [0.2, 0.25) is 0 Å². The van der Waals surface area contributed by atoms with E-state index in [9.17, 15) is 14.4 Å². The van der Waals surface area contributed by atoms with Gasteiger partial charge in [0.05, 0.1) is 4.88 Å². The Labute approximate surface area is 169 Å². The molecule has 1 aliphatic carbocycles. The molecule has 0 spiro atoms. The first-order chi connectivity index (χ1) is 13.6. The van der Waals surface area contributed by atoms with Crippen molar-refractivity contribution in [1.82, 2.24) is 9.80 Å². The first-order valence-electron chi connectivity index (χ1n) is 9.87. The highest BCUT2D eigenvalue weighted by Gasteiger charge is 2.25. The van der Waals surface area contributed by atoms with Crippen LogP contribution in [0.5, 0.6) is 0 Å². The van der Waals surface area contributed by atoms with Crippen LogP contribution < -0.4 is 0 Å². The molecule has 4 rings (SSSR count). The maximum Gasteiger partial charge on any atom is 0.264 e. The molecule has 2 aromatic rings. The van der Waals surface area contributed by atoms with Gasteiger partial charge < -0.3 is 9.80 Å². The number of benzene rings is 1. The Bertz CT molecular complexity index is 883. The summed E-state index contributed by atoms with van der Waals surface area (Å²) in [6.45, 7) is 2.15. The summed E-state index contributed by atoms with van der Waals surface area (Å²) in [6, 6.07) is 9.65. The van der Waals surface area contributed by atoms with Gasteiger partial charge in [0.15, 0.2) is 5.78 Å². The number of hydrogen-bond donors (Lipinski definition) is 0. The van der Waals surface area contributed by atoms with Crippen LogP contribution in [0, 0.1) is 0 Å². The Hall–Kier alpha value is -2.47. The third-order valence-electron chi connectivity index (χ3n) is 5.64. The molecule has 6 heteroatoms. The third kappa shape index (κ3) is 4.02. The first-order valence-corrected chi connectivity index (χ1v) is 10.8. The Kier molecular flexibility index (Phi) is 5.57. The van der Waals surface area contributed by atoms with Gasteiger partial charge in [0.2, 0.25) is 5.91 Å². The van der Waals surface area contributed by atoms with Gasteiger partial charge in [-0.15, -0.1) is 11.3 Å². The van der Waals surface area contributed by atoms with Gasteiger partial charge in [0.1, 0.15) is 0 Å². The number of Topliss-reactive ketones (excluding diaryl/α,β-unsaturated/α-hetero) is 1. The molecule has 0 bridgehead atoms. The van der Waals surface area contributed by atoms with Crippen LogP contribution in [-0.4, -0.2) is 53.6 Å². The Morgan fingerprint density at radius 2 is 1.64 bits per heavy atom. The van der Waals surface area contributed by atoms with Gasteiger partial charge in [-0.05, 0) is 47.9 Å². The summed E-state index contributed by atoms with van der Waals surface area (Å²) in [7, 11) is 0. The van der Waals surface area contributed by atoms with E-state index in [2.05, 4.69) is 6.07 Å². The highest BCUT2D eigenvalue weighted by atomic mass is 32.1. The predicted molar refractivity (Wildman–Crippen MR) is 109 cm³/mol. The number of carbonyl (C=O) groups excluding carboxylic acids is 3. The van der Waals surface area contributed by atoms with Crippen molar-refractivity contribution in [3.8, 4) is 0 Å². The predicted octanol–water partition coefficient (Wildman–Crippen LogP) is 3.18. The lowest BCUT2D eigenvalue weighted by molar-refractivity contribution is -0.132. The van der Waals surface area contributed by atoms with Crippen molar-refractivity contribution in [1.29, 1.82) is 0 Å². The minimum absolute atomic E-state index is 0.00210. The summed E-state index contributed by atoms with van der Waals surface area (Å²) in [5.41, 5.74) is 3.35. The molecule has 1 fully saturated rings. The van der Waals surface area contributed by atoms with Crippen molar-refractivity contribution in [3.05, 3.63) is 57.3 Å². The molecule has 0 N–H and O–H groups in total. The minimum atomic E-state index is -0.00210. The maximum atomic E-state index is 12.5. The van der Waals surface area contributed by atoms with E-state index in [4.69, 9.17) is 0 Å². The summed E-state index contributed by atoms with van der Waals surface area (Å²) in [5.74, 6) is 0.0705. The van der Waals surface area contributed by atoms with Gasteiger partial charge >= 0.3 is 0 Å². The fraction of sp³-hybridized carbons (Fsp3) is 0.409. The summed E-state index contributed by atoms with van der Waals surface area (Å²) >= 11 is 1.44. The van der Waals surface area contributed by atoms with Gasteiger partial charge in [-0.3, -0.25) is 14.4 Å². The lowest BCUT2D eigenvalue weighted by Gasteiger charge is -2.34. The molecule has 1 saturated heterocycles. The molecular formula is C22H24N2O3S. The monoisotopic (exact) mass is 396 g/mol. The molecule has 0 radical (unpaired) electrons. The number of rotatable bonds is 5. The van der Waals surface area contributed by atoms with Crippen molar-refractivity contribution in [3.63, 3.8) is 0 Å². The zero-order chi connectivity index (χ0) is 19.5. The number of carbonyl (C=O) groups is 3. The second-order valence-corrected chi connectivity index (χ2v) is 8.36. The number of nitrogens with zero attached hydrogens (tertiary/aromatic N) is 2. The van der Waals surface area contributed by atoms with Gasteiger partial charge in [0.25, 0.3) is 5.91 Å². The van der Waals surface area contributed by atoms with E-state index in [1.54, 1.807) is 9.80 Å². The van der Waals surface area contributed by atoms with Crippen LogP contribution in [-0.2, 0) is 17.6 Å². The third-order valence-corrected chi connectivity index (χ3v) is 6.50. The number of aryl methyl sites for hydroxylation is 2. The first kappa shape index (κ1) is 18.9. The lowest BCUT2D eigenvalue weighted by atomic mass is 10.0. The zero-order valence-electron chi connectivity index (χ0n) is 15.9. The van der Waals surface area contributed by atoms with E-state index >= 15 is 0 Å². The second-order valence-electron chi connectivity index (χ2n) is 7.41. The van der Waals surface area contributed by atoms with E-state index < -0.39 is 0 Å². The molecule has 146 valence electrons. The minimum Gasteiger partial charge on any atom is -0.339 e. The summed E-state index contributed by atoms with van der Waals surface area (Å²) in [5, 5.41) is 1.89. The van der Waals surface area contributed by atoms with Crippen molar-refractivity contribution < 1.29 is 14.4 Å². The van der Waals surface area contributed by atoms with Crippen molar-refractivity contribution in [2.24, 2.45) is 0 Å². The van der Waals surface area contributed by atoms with E-state index in [1.807, 2.05) is 29.6 Å². The molecule has 5 nitrogen and oxygen atoms in total. The molecule has 1 aliphatic heterocycles. The fourth-order valence-corrected chi connectivity index (χ4v) is 4.67. The maximum absolute atomic E-state index is 12.5. The second kappa shape index (κ2) is 8.27. The van der Waals surface area contributed by atoms with Crippen molar-refractivity contribution in [2.45, 2.75) is 32.1 Å². The number of amides is 2. The molecule has 2 heterocycles. The quantitative estimate of drug-likeness (QED) is 0.730. The molecule has 2 aliphatic rings. The number of fused-ring (bicyclic) bond motifs is 1. The van der Waals surface area contributed by atoms with Gasteiger partial charge in [0, 0.05) is 44.6 Å². The molecule has 0 saturated carbocycles. The largest absolute Gasteiger partial charge is 0.339 e. The number of thiophene rings is 1. The zero-order valence-corrected chi connectivity index (χ0v) is 16.7. The molecule has 0 unspecified atom stereocenters. The number of ketones is 1. The van der Waals surface area contributed by atoms with Crippen molar-refractivity contribution in [2.75, 3.05) is 26.2 Å². The van der Waals surface area contributed by atoms with E-state index in [0.29, 0.717) is 26.2 Å².